The number of hydrogen-bond acceptors (Lipinski definition) is 3. The van der Waals surface area contributed by atoms with Gasteiger partial charge < -0.3 is 13.3 Å². The minimum absolute atomic E-state index is 0.831. The minimum Gasteiger partial charge on any atom is -0.456 e. The fraction of sp³-hybridized carbons (Fsp3) is 0. The summed E-state index contributed by atoms with van der Waals surface area (Å²) in [5.74, 6) is 3.39. The van der Waals surface area contributed by atoms with E-state index < -0.39 is 0 Å². The van der Waals surface area contributed by atoms with Gasteiger partial charge in [-0.3, -0.25) is 0 Å². The molecule has 0 amide bonds. The maximum absolute atomic E-state index is 6.20. The van der Waals surface area contributed by atoms with Crippen LogP contribution in [0.3, 0.4) is 0 Å². The fourth-order valence-corrected chi connectivity index (χ4v) is 4.49. The SMILES string of the molecule is c1ccc2oc(-c3ccc(-c4ccc(-c5ccc(-c6cc7ccccc7o6)cc5)o4)cc3)cc2c1. The van der Waals surface area contributed by atoms with Crippen LogP contribution in [0.25, 0.3) is 67.2 Å². The second-order valence-corrected chi connectivity index (χ2v) is 8.62. The second kappa shape index (κ2) is 7.93. The number of rotatable bonds is 4. The second-order valence-electron chi connectivity index (χ2n) is 8.62. The van der Waals surface area contributed by atoms with Crippen molar-refractivity contribution in [2.75, 3.05) is 0 Å². The highest BCUT2D eigenvalue weighted by Gasteiger charge is 2.11. The first-order chi connectivity index (χ1) is 17.3. The van der Waals surface area contributed by atoms with Crippen molar-refractivity contribution in [3.63, 3.8) is 0 Å². The quantitative estimate of drug-likeness (QED) is 0.267. The van der Waals surface area contributed by atoms with E-state index in [1.165, 1.54) is 0 Å². The summed E-state index contributed by atoms with van der Waals surface area (Å²) < 4.78 is 18.2. The van der Waals surface area contributed by atoms with Crippen LogP contribution in [-0.4, -0.2) is 0 Å². The van der Waals surface area contributed by atoms with E-state index in [0.717, 1.165) is 67.2 Å². The van der Waals surface area contributed by atoms with Crippen LogP contribution in [-0.2, 0) is 0 Å². The summed E-state index contributed by atoms with van der Waals surface area (Å²) in [4.78, 5) is 0. The van der Waals surface area contributed by atoms with E-state index in [1.807, 2.05) is 48.5 Å². The van der Waals surface area contributed by atoms with E-state index >= 15 is 0 Å². The van der Waals surface area contributed by atoms with Crippen LogP contribution in [0.5, 0.6) is 0 Å². The molecule has 0 saturated carbocycles. The highest BCUT2D eigenvalue weighted by atomic mass is 16.3. The lowest BCUT2D eigenvalue weighted by atomic mass is 10.1. The first kappa shape index (κ1) is 19.7. The molecule has 35 heavy (non-hydrogen) atoms. The summed E-state index contributed by atoms with van der Waals surface area (Å²) in [6.45, 7) is 0. The highest BCUT2D eigenvalue weighted by Crippen LogP contribution is 2.34. The molecule has 3 aromatic heterocycles. The van der Waals surface area contributed by atoms with Gasteiger partial charge in [-0.2, -0.15) is 0 Å². The van der Waals surface area contributed by atoms with Gasteiger partial charge in [0, 0.05) is 33.0 Å². The minimum atomic E-state index is 0.831. The Kier molecular flexibility index (Phi) is 4.46. The van der Waals surface area contributed by atoms with Gasteiger partial charge in [-0.25, -0.2) is 0 Å². The van der Waals surface area contributed by atoms with Gasteiger partial charge in [-0.1, -0.05) is 84.9 Å². The zero-order valence-corrected chi connectivity index (χ0v) is 18.8. The monoisotopic (exact) mass is 452 g/mol. The summed E-state index contributed by atoms with van der Waals surface area (Å²) in [5, 5.41) is 2.21. The Morgan fingerprint density at radius 2 is 0.686 bits per heavy atom. The number of furan rings is 3. The lowest BCUT2D eigenvalue weighted by Crippen LogP contribution is -1.77. The zero-order chi connectivity index (χ0) is 23.2. The maximum Gasteiger partial charge on any atom is 0.135 e. The third-order valence-corrected chi connectivity index (χ3v) is 6.36. The molecule has 3 heterocycles. The van der Waals surface area contributed by atoms with Crippen molar-refractivity contribution in [1.29, 1.82) is 0 Å². The molecule has 0 atom stereocenters. The molecule has 0 spiro atoms. The van der Waals surface area contributed by atoms with E-state index in [0.29, 0.717) is 0 Å². The van der Waals surface area contributed by atoms with Crippen molar-refractivity contribution in [1.82, 2.24) is 0 Å². The molecule has 0 N–H and O–H groups in total. The average Bonchev–Trinajstić information content (AvgIpc) is 3.67. The molecule has 0 aliphatic carbocycles. The van der Waals surface area contributed by atoms with Crippen LogP contribution in [0.4, 0.5) is 0 Å². The van der Waals surface area contributed by atoms with Crippen LogP contribution in [0, 0.1) is 0 Å². The predicted octanol–water partition coefficient (Wildman–Crippen LogP) is 9.44. The molecular weight excluding hydrogens is 432 g/mol. The van der Waals surface area contributed by atoms with Crippen LogP contribution in [0.15, 0.2) is 135 Å². The van der Waals surface area contributed by atoms with Crippen molar-refractivity contribution < 1.29 is 13.3 Å². The summed E-state index contributed by atoms with van der Waals surface area (Å²) in [6.07, 6.45) is 0. The topological polar surface area (TPSA) is 39.4 Å². The Bertz CT molecular complexity index is 1580. The van der Waals surface area contributed by atoms with Gasteiger partial charge in [-0.15, -0.1) is 0 Å². The molecule has 0 radical (unpaired) electrons. The Morgan fingerprint density at radius 3 is 1.09 bits per heavy atom. The molecule has 166 valence electrons. The van der Waals surface area contributed by atoms with Gasteiger partial charge in [0.05, 0.1) is 0 Å². The van der Waals surface area contributed by atoms with Crippen molar-refractivity contribution in [2.45, 2.75) is 0 Å². The first-order valence-electron chi connectivity index (χ1n) is 11.6. The molecule has 3 nitrogen and oxygen atoms in total. The van der Waals surface area contributed by atoms with Gasteiger partial charge in [0.15, 0.2) is 0 Å². The summed E-state index contributed by atoms with van der Waals surface area (Å²) in [5.41, 5.74) is 5.92. The molecule has 0 unspecified atom stereocenters. The molecule has 0 fully saturated rings. The lowest BCUT2D eigenvalue weighted by molar-refractivity contribution is 0.597. The predicted molar refractivity (Wildman–Crippen MR) is 140 cm³/mol. The number of fused-ring (bicyclic) bond motifs is 2. The van der Waals surface area contributed by atoms with Gasteiger partial charge in [0.25, 0.3) is 0 Å². The van der Waals surface area contributed by atoms with Crippen LogP contribution in [0.1, 0.15) is 0 Å². The molecule has 0 aliphatic rings. The largest absolute Gasteiger partial charge is 0.456 e. The molecule has 4 aromatic carbocycles. The Morgan fingerprint density at radius 1 is 0.314 bits per heavy atom. The molecule has 0 saturated heterocycles. The van der Waals surface area contributed by atoms with Crippen LogP contribution >= 0.6 is 0 Å². The van der Waals surface area contributed by atoms with Gasteiger partial charge in [-0.05, 0) is 36.4 Å². The van der Waals surface area contributed by atoms with E-state index in [9.17, 15) is 0 Å². The maximum atomic E-state index is 6.20. The zero-order valence-electron chi connectivity index (χ0n) is 18.8. The third-order valence-electron chi connectivity index (χ3n) is 6.36. The average molecular weight is 453 g/mol. The van der Waals surface area contributed by atoms with Gasteiger partial charge >= 0.3 is 0 Å². The van der Waals surface area contributed by atoms with Crippen molar-refractivity contribution in [3.05, 3.63) is 121 Å². The molecular formula is C32H20O3. The van der Waals surface area contributed by atoms with Gasteiger partial charge in [0.1, 0.15) is 34.2 Å². The normalized spacial score (nSPS) is 11.4. The molecule has 7 rings (SSSR count). The summed E-state index contributed by atoms with van der Waals surface area (Å²) in [6, 6.07) is 40.8. The Balaban J connectivity index is 1.13. The van der Waals surface area contributed by atoms with Crippen molar-refractivity contribution >= 4 is 21.9 Å². The van der Waals surface area contributed by atoms with Crippen LogP contribution in [0.2, 0.25) is 0 Å². The van der Waals surface area contributed by atoms with E-state index in [1.54, 1.807) is 0 Å². The smallest absolute Gasteiger partial charge is 0.135 e. The number of hydrogen-bond donors (Lipinski definition) is 0. The number of benzene rings is 4. The molecule has 7 aromatic rings. The highest BCUT2D eigenvalue weighted by molar-refractivity contribution is 5.84. The van der Waals surface area contributed by atoms with Gasteiger partial charge in [0.2, 0.25) is 0 Å². The molecule has 0 bridgehead atoms. The Hall–Kier alpha value is -4.76. The van der Waals surface area contributed by atoms with E-state index in [-0.39, 0.29) is 0 Å². The first-order valence-corrected chi connectivity index (χ1v) is 11.6. The van der Waals surface area contributed by atoms with E-state index in [4.69, 9.17) is 13.3 Å². The fourth-order valence-electron chi connectivity index (χ4n) is 4.49. The van der Waals surface area contributed by atoms with Crippen molar-refractivity contribution in [2.24, 2.45) is 0 Å². The van der Waals surface area contributed by atoms with Crippen molar-refractivity contribution in [3.8, 4) is 45.3 Å². The standard InChI is InChI=1S/C32H20O3/c1-3-7-27-25(5-1)19-31(34-27)23-13-9-21(10-14-23)29-17-18-30(33-29)22-11-15-24(16-12-22)32-20-26-6-2-4-8-28(26)35-32/h1-20H. The third kappa shape index (κ3) is 3.54. The summed E-state index contributed by atoms with van der Waals surface area (Å²) in [7, 11) is 0. The summed E-state index contributed by atoms with van der Waals surface area (Å²) >= 11 is 0. The molecule has 3 heteroatoms. The Labute approximate surface area is 201 Å². The van der Waals surface area contributed by atoms with Crippen LogP contribution < -0.4 is 0 Å². The van der Waals surface area contributed by atoms with E-state index in [2.05, 4.69) is 72.8 Å². The molecule has 0 aliphatic heterocycles. The lowest BCUT2D eigenvalue weighted by Gasteiger charge is -2.02. The number of para-hydroxylation sites is 2.